The Balaban J connectivity index is 2.31. The van der Waals surface area contributed by atoms with E-state index in [4.69, 9.17) is 17.3 Å². The van der Waals surface area contributed by atoms with Gasteiger partial charge in [-0.1, -0.05) is 23.7 Å². The molecule has 0 fully saturated rings. The van der Waals surface area contributed by atoms with Gasteiger partial charge >= 0.3 is 0 Å². The van der Waals surface area contributed by atoms with E-state index in [0.717, 1.165) is 16.0 Å². The quantitative estimate of drug-likeness (QED) is 0.901. The number of thiophene rings is 1. The third kappa shape index (κ3) is 2.93. The first-order valence-corrected chi connectivity index (χ1v) is 7.06. The second kappa shape index (κ2) is 5.85. The number of halogens is 1. The summed E-state index contributed by atoms with van der Waals surface area (Å²) in [5, 5.41) is 13.1. The van der Waals surface area contributed by atoms with Gasteiger partial charge in [0, 0.05) is 22.4 Å². The fraction of sp³-hybridized carbons (Fsp3) is 0.286. The van der Waals surface area contributed by atoms with Gasteiger partial charge < -0.3 is 10.8 Å². The van der Waals surface area contributed by atoms with Gasteiger partial charge in [0.15, 0.2) is 0 Å². The Morgan fingerprint density at radius 2 is 2.17 bits per heavy atom. The molecule has 0 aliphatic carbocycles. The van der Waals surface area contributed by atoms with Crippen LogP contribution in [0, 0.1) is 6.92 Å². The molecule has 18 heavy (non-hydrogen) atoms. The molecule has 2 aromatic rings. The van der Waals surface area contributed by atoms with E-state index in [-0.39, 0.29) is 5.92 Å². The van der Waals surface area contributed by atoms with Gasteiger partial charge in [0.2, 0.25) is 0 Å². The van der Waals surface area contributed by atoms with Gasteiger partial charge in [0.1, 0.15) is 0 Å². The van der Waals surface area contributed by atoms with Crippen molar-refractivity contribution in [3.8, 4) is 0 Å². The van der Waals surface area contributed by atoms with Crippen LogP contribution >= 0.6 is 22.9 Å². The molecule has 1 heterocycles. The first-order chi connectivity index (χ1) is 8.61. The lowest BCUT2D eigenvalue weighted by molar-refractivity contribution is 0.149. The molecule has 96 valence electrons. The zero-order chi connectivity index (χ0) is 13.1. The Morgan fingerprint density at radius 3 is 2.72 bits per heavy atom. The highest BCUT2D eigenvalue weighted by molar-refractivity contribution is 7.10. The first-order valence-electron chi connectivity index (χ1n) is 5.80. The standard InChI is InChI=1S/C14H16ClNOS/c1-9-5-10(7-11(15)6-9)14(17)12(8-16)13-3-2-4-18-13/h2-7,12,14,17H,8,16H2,1H3. The summed E-state index contributed by atoms with van der Waals surface area (Å²) in [5.74, 6) is -0.0807. The zero-order valence-corrected chi connectivity index (χ0v) is 11.7. The number of aliphatic hydroxyl groups is 1. The van der Waals surface area contributed by atoms with Crippen molar-refractivity contribution < 1.29 is 5.11 Å². The maximum Gasteiger partial charge on any atom is 0.0879 e. The predicted molar refractivity (Wildman–Crippen MR) is 77.3 cm³/mol. The normalized spacial score (nSPS) is 14.4. The second-order valence-corrected chi connectivity index (χ2v) is 5.78. The van der Waals surface area contributed by atoms with Crippen molar-refractivity contribution in [2.75, 3.05) is 6.54 Å². The van der Waals surface area contributed by atoms with Crippen molar-refractivity contribution in [1.82, 2.24) is 0 Å². The molecule has 1 aromatic heterocycles. The van der Waals surface area contributed by atoms with Crippen molar-refractivity contribution in [3.05, 3.63) is 56.7 Å². The van der Waals surface area contributed by atoms with Crippen LogP contribution in [0.4, 0.5) is 0 Å². The molecule has 2 rings (SSSR count). The summed E-state index contributed by atoms with van der Waals surface area (Å²) in [6.45, 7) is 2.37. The largest absolute Gasteiger partial charge is 0.388 e. The summed E-state index contributed by atoms with van der Waals surface area (Å²) in [6, 6.07) is 9.60. The highest BCUT2D eigenvalue weighted by atomic mass is 35.5. The molecule has 1 aromatic carbocycles. The Hall–Kier alpha value is -0.870. The fourth-order valence-corrected chi connectivity index (χ4v) is 3.24. The van der Waals surface area contributed by atoms with Crippen LogP contribution in [0.25, 0.3) is 0 Å². The van der Waals surface area contributed by atoms with Gasteiger partial charge in [-0.2, -0.15) is 0 Å². The number of nitrogens with two attached hydrogens (primary N) is 1. The van der Waals surface area contributed by atoms with Gasteiger partial charge in [0.05, 0.1) is 6.10 Å². The Kier molecular flexibility index (Phi) is 4.40. The van der Waals surface area contributed by atoms with Crippen molar-refractivity contribution >= 4 is 22.9 Å². The SMILES string of the molecule is Cc1cc(Cl)cc(C(O)C(CN)c2cccs2)c1. The molecule has 0 bridgehead atoms. The van der Waals surface area contributed by atoms with Crippen molar-refractivity contribution in [2.45, 2.75) is 18.9 Å². The highest BCUT2D eigenvalue weighted by Crippen LogP contribution is 2.34. The molecule has 2 unspecified atom stereocenters. The summed E-state index contributed by atoms with van der Waals surface area (Å²) in [4.78, 5) is 1.10. The summed E-state index contributed by atoms with van der Waals surface area (Å²) in [7, 11) is 0. The van der Waals surface area contributed by atoms with Gasteiger partial charge in [0.25, 0.3) is 0 Å². The van der Waals surface area contributed by atoms with E-state index in [9.17, 15) is 5.11 Å². The average molecular weight is 282 g/mol. The molecular formula is C14H16ClNOS. The minimum Gasteiger partial charge on any atom is -0.388 e. The number of rotatable bonds is 4. The molecule has 0 amide bonds. The van der Waals surface area contributed by atoms with Crippen LogP contribution in [0.1, 0.15) is 28.0 Å². The second-order valence-electron chi connectivity index (χ2n) is 4.36. The van der Waals surface area contributed by atoms with Crippen LogP contribution in [0.2, 0.25) is 5.02 Å². The van der Waals surface area contributed by atoms with Gasteiger partial charge in [-0.05, 0) is 41.6 Å². The summed E-state index contributed by atoms with van der Waals surface area (Å²) in [5.41, 5.74) is 7.66. The number of benzene rings is 1. The van der Waals surface area contributed by atoms with E-state index in [1.54, 1.807) is 17.4 Å². The molecular weight excluding hydrogens is 266 g/mol. The van der Waals surface area contributed by atoms with E-state index in [1.807, 2.05) is 36.6 Å². The molecule has 0 aliphatic heterocycles. The van der Waals surface area contributed by atoms with Crippen LogP contribution in [0.15, 0.2) is 35.7 Å². The van der Waals surface area contributed by atoms with Crippen LogP contribution < -0.4 is 5.73 Å². The number of hydrogen-bond acceptors (Lipinski definition) is 3. The van der Waals surface area contributed by atoms with Crippen LogP contribution in [0.3, 0.4) is 0 Å². The maximum atomic E-state index is 10.5. The van der Waals surface area contributed by atoms with E-state index in [2.05, 4.69) is 0 Å². The molecule has 3 N–H and O–H groups in total. The molecule has 0 saturated carbocycles. The van der Waals surface area contributed by atoms with Crippen LogP contribution in [-0.4, -0.2) is 11.7 Å². The van der Waals surface area contributed by atoms with E-state index >= 15 is 0 Å². The minimum absolute atomic E-state index is 0.0807. The fourth-order valence-electron chi connectivity index (χ4n) is 2.07. The number of aryl methyl sites for hydroxylation is 1. The smallest absolute Gasteiger partial charge is 0.0879 e. The summed E-state index contributed by atoms with van der Waals surface area (Å²) in [6.07, 6.45) is -0.619. The summed E-state index contributed by atoms with van der Waals surface area (Å²) < 4.78 is 0. The number of hydrogen-bond donors (Lipinski definition) is 2. The lowest BCUT2D eigenvalue weighted by atomic mass is 9.93. The lowest BCUT2D eigenvalue weighted by Gasteiger charge is -2.21. The first kappa shape index (κ1) is 13.6. The Labute approximate surface area is 116 Å². The topological polar surface area (TPSA) is 46.2 Å². The lowest BCUT2D eigenvalue weighted by Crippen LogP contribution is -2.19. The van der Waals surface area contributed by atoms with E-state index in [0.29, 0.717) is 11.6 Å². The predicted octanol–water partition coefficient (Wildman–Crippen LogP) is 3.49. The third-order valence-electron chi connectivity index (χ3n) is 2.95. The molecule has 0 radical (unpaired) electrons. The molecule has 0 spiro atoms. The van der Waals surface area contributed by atoms with E-state index < -0.39 is 6.10 Å². The van der Waals surface area contributed by atoms with Crippen molar-refractivity contribution in [3.63, 3.8) is 0 Å². The molecule has 2 atom stereocenters. The zero-order valence-electron chi connectivity index (χ0n) is 10.1. The molecule has 0 aliphatic rings. The molecule has 4 heteroatoms. The van der Waals surface area contributed by atoms with Crippen LogP contribution in [-0.2, 0) is 0 Å². The van der Waals surface area contributed by atoms with Gasteiger partial charge in [-0.3, -0.25) is 0 Å². The maximum absolute atomic E-state index is 10.5. The summed E-state index contributed by atoms with van der Waals surface area (Å²) >= 11 is 7.64. The Morgan fingerprint density at radius 1 is 1.39 bits per heavy atom. The van der Waals surface area contributed by atoms with Gasteiger partial charge in [-0.15, -0.1) is 11.3 Å². The third-order valence-corrected chi connectivity index (χ3v) is 4.17. The number of aliphatic hydroxyl groups excluding tert-OH is 1. The van der Waals surface area contributed by atoms with E-state index in [1.165, 1.54) is 0 Å². The highest BCUT2D eigenvalue weighted by Gasteiger charge is 2.22. The molecule has 0 saturated heterocycles. The van der Waals surface area contributed by atoms with Crippen LogP contribution in [0.5, 0.6) is 0 Å². The molecule has 2 nitrogen and oxygen atoms in total. The van der Waals surface area contributed by atoms with Gasteiger partial charge in [-0.25, -0.2) is 0 Å². The van der Waals surface area contributed by atoms with Crippen molar-refractivity contribution in [2.24, 2.45) is 5.73 Å². The Bertz CT molecular complexity index is 492. The average Bonchev–Trinajstić information content (AvgIpc) is 2.82. The minimum atomic E-state index is -0.619. The van der Waals surface area contributed by atoms with Crippen molar-refractivity contribution in [1.29, 1.82) is 0 Å². The monoisotopic (exact) mass is 281 g/mol.